The number of hydrogen-bond donors (Lipinski definition) is 2. The highest BCUT2D eigenvalue weighted by Gasteiger charge is 2.33. The van der Waals surface area contributed by atoms with Crippen LogP contribution in [0.15, 0.2) is 24.3 Å². The van der Waals surface area contributed by atoms with E-state index >= 15 is 0 Å². The molecule has 24 heavy (non-hydrogen) atoms. The number of aliphatic hydroxyl groups excluding tert-OH is 1. The molecule has 1 aromatic rings. The van der Waals surface area contributed by atoms with E-state index in [9.17, 15) is 27.9 Å². The Morgan fingerprint density at radius 3 is 2.33 bits per heavy atom. The molecule has 1 aliphatic carbocycles. The SMILES string of the molecule is COC(=O)[C@H](CC1CC1)NC(=O)[C@H](O)c1ccc(C(F)(F)F)cc1. The van der Waals surface area contributed by atoms with Crippen molar-refractivity contribution in [1.29, 1.82) is 0 Å². The van der Waals surface area contributed by atoms with Crippen LogP contribution in [0.2, 0.25) is 0 Å². The van der Waals surface area contributed by atoms with Crippen LogP contribution in [0.3, 0.4) is 0 Å². The van der Waals surface area contributed by atoms with Crippen molar-refractivity contribution < 1.29 is 32.6 Å². The van der Waals surface area contributed by atoms with Crippen molar-refractivity contribution >= 4 is 11.9 Å². The molecule has 0 saturated heterocycles. The van der Waals surface area contributed by atoms with E-state index in [0.717, 1.165) is 37.1 Å². The first-order valence-corrected chi connectivity index (χ1v) is 7.45. The molecule has 2 rings (SSSR count). The van der Waals surface area contributed by atoms with Gasteiger partial charge in [0.2, 0.25) is 0 Å². The monoisotopic (exact) mass is 345 g/mol. The standard InChI is InChI=1S/C16H18F3NO4/c1-24-15(23)12(8-9-2-3-9)20-14(22)13(21)10-4-6-11(7-5-10)16(17,18)19/h4-7,9,12-13,21H,2-3,8H2,1H3,(H,20,22)/t12-,13+/m0/s1. The van der Waals surface area contributed by atoms with Crippen molar-refractivity contribution in [1.82, 2.24) is 5.32 Å². The summed E-state index contributed by atoms with van der Waals surface area (Å²) in [6.07, 6.45) is -3.82. The second-order valence-electron chi connectivity index (χ2n) is 5.79. The van der Waals surface area contributed by atoms with Crippen LogP contribution in [-0.2, 0) is 20.5 Å². The molecule has 0 heterocycles. The summed E-state index contributed by atoms with van der Waals surface area (Å²) in [6.45, 7) is 0. The fourth-order valence-corrected chi connectivity index (χ4v) is 2.30. The van der Waals surface area contributed by atoms with E-state index in [-0.39, 0.29) is 5.56 Å². The van der Waals surface area contributed by atoms with Gasteiger partial charge in [-0.05, 0) is 30.0 Å². The van der Waals surface area contributed by atoms with Crippen molar-refractivity contribution in [2.24, 2.45) is 5.92 Å². The summed E-state index contributed by atoms with van der Waals surface area (Å²) in [5, 5.41) is 12.4. The lowest BCUT2D eigenvalue weighted by molar-refractivity contribution is -0.146. The minimum absolute atomic E-state index is 0.00976. The number of benzene rings is 1. The first-order chi connectivity index (χ1) is 11.2. The Hall–Kier alpha value is -2.09. The summed E-state index contributed by atoms with van der Waals surface area (Å²) in [6, 6.07) is 2.75. The Morgan fingerprint density at radius 2 is 1.88 bits per heavy atom. The number of carbonyl (C=O) groups is 2. The largest absolute Gasteiger partial charge is 0.467 e. The normalized spacial score (nSPS) is 17.0. The Kier molecular flexibility index (Phi) is 5.48. The molecule has 8 heteroatoms. The zero-order valence-corrected chi connectivity index (χ0v) is 13.0. The average molecular weight is 345 g/mol. The maximum absolute atomic E-state index is 12.5. The molecule has 0 spiro atoms. The van der Waals surface area contributed by atoms with E-state index in [2.05, 4.69) is 10.1 Å². The third-order valence-corrected chi connectivity index (χ3v) is 3.87. The number of alkyl halides is 3. The third kappa shape index (κ3) is 4.70. The molecular weight excluding hydrogens is 327 g/mol. The van der Waals surface area contributed by atoms with Gasteiger partial charge in [-0.2, -0.15) is 13.2 Å². The lowest BCUT2D eigenvalue weighted by Gasteiger charge is -2.19. The Labute approximate surface area is 136 Å². The molecule has 1 amide bonds. The van der Waals surface area contributed by atoms with Gasteiger partial charge in [-0.25, -0.2) is 4.79 Å². The minimum Gasteiger partial charge on any atom is -0.467 e. The molecule has 132 valence electrons. The molecule has 0 aromatic heterocycles. The smallest absolute Gasteiger partial charge is 0.416 e. The van der Waals surface area contributed by atoms with Gasteiger partial charge in [-0.1, -0.05) is 25.0 Å². The second kappa shape index (κ2) is 7.21. The van der Waals surface area contributed by atoms with E-state index < -0.39 is 35.8 Å². The van der Waals surface area contributed by atoms with Gasteiger partial charge in [-0.15, -0.1) is 0 Å². The number of rotatable bonds is 6. The van der Waals surface area contributed by atoms with Gasteiger partial charge >= 0.3 is 12.1 Å². The van der Waals surface area contributed by atoms with Crippen LogP contribution in [0.1, 0.15) is 36.5 Å². The summed E-state index contributed by atoms with van der Waals surface area (Å²) in [5.74, 6) is -1.14. The number of nitrogens with one attached hydrogen (secondary N) is 1. The number of carbonyl (C=O) groups excluding carboxylic acids is 2. The van der Waals surface area contributed by atoms with Crippen LogP contribution < -0.4 is 5.32 Å². The molecule has 1 aromatic carbocycles. The Balaban J connectivity index is 2.03. The molecule has 0 unspecified atom stereocenters. The topological polar surface area (TPSA) is 75.6 Å². The fraction of sp³-hybridized carbons (Fsp3) is 0.500. The minimum atomic E-state index is -4.49. The zero-order valence-electron chi connectivity index (χ0n) is 13.0. The van der Waals surface area contributed by atoms with Crippen LogP contribution in [-0.4, -0.2) is 30.1 Å². The molecule has 2 atom stereocenters. The predicted octanol–water partition coefficient (Wildman–Crippen LogP) is 2.20. The van der Waals surface area contributed by atoms with E-state index in [0.29, 0.717) is 12.3 Å². The molecule has 0 bridgehead atoms. The molecule has 0 aliphatic heterocycles. The molecule has 1 aliphatic rings. The number of esters is 1. The van der Waals surface area contributed by atoms with E-state index in [1.54, 1.807) is 0 Å². The number of aliphatic hydroxyl groups is 1. The lowest BCUT2D eigenvalue weighted by Crippen LogP contribution is -2.44. The van der Waals surface area contributed by atoms with Gasteiger partial charge in [0.1, 0.15) is 6.04 Å². The number of amides is 1. The molecule has 1 saturated carbocycles. The highest BCUT2D eigenvalue weighted by atomic mass is 19.4. The lowest BCUT2D eigenvalue weighted by atomic mass is 10.0. The summed E-state index contributed by atoms with van der Waals surface area (Å²) >= 11 is 0. The number of hydrogen-bond acceptors (Lipinski definition) is 4. The maximum Gasteiger partial charge on any atom is 0.416 e. The molecule has 0 radical (unpaired) electrons. The summed E-state index contributed by atoms with van der Waals surface area (Å²) in [4.78, 5) is 23.7. The van der Waals surface area contributed by atoms with Crippen LogP contribution >= 0.6 is 0 Å². The van der Waals surface area contributed by atoms with Crippen molar-refractivity contribution in [3.05, 3.63) is 35.4 Å². The average Bonchev–Trinajstić information content (AvgIpc) is 3.36. The fourth-order valence-electron chi connectivity index (χ4n) is 2.30. The first kappa shape index (κ1) is 18.3. The number of halogens is 3. The van der Waals surface area contributed by atoms with Gasteiger partial charge < -0.3 is 15.2 Å². The van der Waals surface area contributed by atoms with Crippen LogP contribution in [0.5, 0.6) is 0 Å². The summed E-state index contributed by atoms with van der Waals surface area (Å²) in [7, 11) is 1.20. The van der Waals surface area contributed by atoms with Crippen molar-refractivity contribution in [3.8, 4) is 0 Å². The van der Waals surface area contributed by atoms with Crippen LogP contribution in [0.4, 0.5) is 13.2 Å². The van der Waals surface area contributed by atoms with E-state index in [4.69, 9.17) is 0 Å². The maximum atomic E-state index is 12.5. The highest BCUT2D eigenvalue weighted by molar-refractivity contribution is 5.87. The predicted molar refractivity (Wildman–Crippen MR) is 77.7 cm³/mol. The van der Waals surface area contributed by atoms with E-state index in [1.165, 1.54) is 7.11 Å². The molecule has 2 N–H and O–H groups in total. The van der Waals surface area contributed by atoms with Crippen LogP contribution in [0, 0.1) is 5.92 Å². The zero-order chi connectivity index (χ0) is 17.9. The van der Waals surface area contributed by atoms with Crippen molar-refractivity contribution in [3.63, 3.8) is 0 Å². The van der Waals surface area contributed by atoms with Crippen LogP contribution in [0.25, 0.3) is 0 Å². The van der Waals surface area contributed by atoms with Gasteiger partial charge in [0.15, 0.2) is 6.10 Å². The highest BCUT2D eigenvalue weighted by Crippen LogP contribution is 2.34. The third-order valence-electron chi connectivity index (χ3n) is 3.87. The molecular formula is C16H18F3NO4. The summed E-state index contributed by atoms with van der Waals surface area (Å²) < 4.78 is 42.2. The Bertz CT molecular complexity index is 596. The number of methoxy groups -OCH3 is 1. The second-order valence-corrected chi connectivity index (χ2v) is 5.79. The Morgan fingerprint density at radius 1 is 1.29 bits per heavy atom. The van der Waals surface area contributed by atoms with Gasteiger partial charge in [-0.3, -0.25) is 4.79 Å². The van der Waals surface area contributed by atoms with Gasteiger partial charge in [0.05, 0.1) is 12.7 Å². The first-order valence-electron chi connectivity index (χ1n) is 7.45. The molecule has 5 nitrogen and oxygen atoms in total. The van der Waals surface area contributed by atoms with E-state index in [1.807, 2.05) is 0 Å². The number of ether oxygens (including phenoxy) is 1. The van der Waals surface area contributed by atoms with Crippen molar-refractivity contribution in [2.75, 3.05) is 7.11 Å². The van der Waals surface area contributed by atoms with Crippen molar-refractivity contribution in [2.45, 2.75) is 37.6 Å². The summed E-state index contributed by atoms with van der Waals surface area (Å²) in [5.41, 5.74) is -0.865. The quantitative estimate of drug-likeness (QED) is 0.775. The van der Waals surface area contributed by atoms with Gasteiger partial charge in [0, 0.05) is 0 Å². The molecule has 1 fully saturated rings. The van der Waals surface area contributed by atoms with Gasteiger partial charge in [0.25, 0.3) is 5.91 Å².